The number of hydrogen-bond acceptors (Lipinski definition) is 4. The van der Waals surface area contributed by atoms with Crippen LogP contribution in [0.15, 0.2) is 60.7 Å². The van der Waals surface area contributed by atoms with Crippen LogP contribution in [0.1, 0.15) is 17.5 Å². The number of amides is 2. The van der Waals surface area contributed by atoms with Crippen LogP contribution in [-0.2, 0) is 27.3 Å². The fraction of sp³-hybridized carbons (Fsp3) is 0.440. The summed E-state index contributed by atoms with van der Waals surface area (Å²) in [4.78, 5) is 29.2. The van der Waals surface area contributed by atoms with Crippen molar-refractivity contribution in [3.05, 3.63) is 71.8 Å². The minimum atomic E-state index is -0.271. The van der Waals surface area contributed by atoms with Gasteiger partial charge in [0.25, 0.3) is 0 Å². The lowest BCUT2D eigenvalue weighted by atomic mass is 10.1. The average molecular weight is 422 g/mol. The zero-order valence-electron chi connectivity index (χ0n) is 17.9. The van der Waals surface area contributed by atoms with E-state index >= 15 is 0 Å². The molecule has 2 aliphatic heterocycles. The lowest BCUT2D eigenvalue weighted by Gasteiger charge is -2.33. The van der Waals surface area contributed by atoms with E-state index in [-0.39, 0.29) is 23.8 Å². The Bertz CT molecular complexity index is 859. The fourth-order valence-electron chi connectivity index (χ4n) is 4.32. The maximum atomic E-state index is 12.7. The van der Waals surface area contributed by atoms with Crippen LogP contribution in [0.25, 0.3) is 0 Å². The van der Waals surface area contributed by atoms with Gasteiger partial charge in [-0.1, -0.05) is 60.7 Å². The van der Waals surface area contributed by atoms with E-state index in [4.69, 9.17) is 4.74 Å². The van der Waals surface area contributed by atoms with E-state index in [1.54, 1.807) is 0 Å². The molecule has 0 spiro atoms. The normalized spacial score (nSPS) is 21.9. The molecule has 2 heterocycles. The van der Waals surface area contributed by atoms with Crippen molar-refractivity contribution in [2.75, 3.05) is 39.3 Å². The summed E-state index contributed by atoms with van der Waals surface area (Å²) in [6.07, 6.45) is 1.09. The van der Waals surface area contributed by atoms with Crippen molar-refractivity contribution in [2.24, 2.45) is 5.92 Å². The zero-order chi connectivity index (χ0) is 21.5. The third-order valence-corrected chi connectivity index (χ3v) is 6.07. The summed E-state index contributed by atoms with van der Waals surface area (Å²) in [5.74, 6) is -0.245. The fourth-order valence-corrected chi connectivity index (χ4v) is 4.32. The van der Waals surface area contributed by atoms with Gasteiger partial charge in [0.2, 0.25) is 11.8 Å². The van der Waals surface area contributed by atoms with Crippen molar-refractivity contribution in [2.45, 2.75) is 25.5 Å². The highest BCUT2D eigenvalue weighted by Gasteiger charge is 2.34. The number of carbonyl (C=O) groups is 2. The minimum absolute atomic E-state index is 0.0206. The van der Waals surface area contributed by atoms with E-state index in [0.29, 0.717) is 32.7 Å². The standard InChI is InChI=1S/C25H31N3O3/c29-24-15-22(18-28(24)12-11-20-7-3-1-4-8-20)25(30)26-16-23-19-27(13-14-31-23)17-21-9-5-2-6-10-21/h1-10,22-23H,11-19H2,(H,26,30). The van der Waals surface area contributed by atoms with E-state index in [0.717, 1.165) is 26.1 Å². The molecule has 2 aromatic carbocycles. The average Bonchev–Trinajstić information content (AvgIpc) is 3.18. The number of rotatable bonds is 8. The first-order valence-corrected chi connectivity index (χ1v) is 11.1. The molecule has 2 atom stereocenters. The molecule has 6 nitrogen and oxygen atoms in total. The third-order valence-electron chi connectivity index (χ3n) is 6.07. The van der Waals surface area contributed by atoms with Gasteiger partial charge in [-0.2, -0.15) is 0 Å². The van der Waals surface area contributed by atoms with Crippen LogP contribution in [0.3, 0.4) is 0 Å². The van der Waals surface area contributed by atoms with Gasteiger partial charge in [-0.25, -0.2) is 0 Å². The number of ether oxygens (including phenoxy) is 1. The Morgan fingerprint density at radius 3 is 2.45 bits per heavy atom. The summed E-state index contributed by atoms with van der Waals surface area (Å²) in [6, 6.07) is 20.5. The van der Waals surface area contributed by atoms with Crippen LogP contribution in [0, 0.1) is 5.92 Å². The summed E-state index contributed by atoms with van der Waals surface area (Å²) in [5, 5.41) is 3.02. The van der Waals surface area contributed by atoms with Gasteiger partial charge in [0.15, 0.2) is 0 Å². The van der Waals surface area contributed by atoms with E-state index in [1.807, 2.05) is 29.2 Å². The molecular formula is C25H31N3O3. The van der Waals surface area contributed by atoms with Gasteiger partial charge in [-0.3, -0.25) is 14.5 Å². The predicted octanol–water partition coefficient (Wildman–Crippen LogP) is 2.09. The number of nitrogens with zero attached hydrogens (tertiary/aromatic N) is 2. The van der Waals surface area contributed by atoms with Gasteiger partial charge >= 0.3 is 0 Å². The molecule has 0 bridgehead atoms. The van der Waals surface area contributed by atoms with Gasteiger partial charge in [0.05, 0.1) is 18.6 Å². The predicted molar refractivity (Wildman–Crippen MR) is 119 cm³/mol. The van der Waals surface area contributed by atoms with E-state index in [2.05, 4.69) is 46.6 Å². The third kappa shape index (κ3) is 6.15. The zero-order valence-corrected chi connectivity index (χ0v) is 17.9. The van der Waals surface area contributed by atoms with Crippen molar-refractivity contribution in [3.8, 4) is 0 Å². The Morgan fingerprint density at radius 1 is 1.00 bits per heavy atom. The molecule has 2 unspecified atom stereocenters. The van der Waals surface area contributed by atoms with Gasteiger partial charge in [-0.15, -0.1) is 0 Å². The number of benzene rings is 2. The second kappa shape index (κ2) is 10.6. The van der Waals surface area contributed by atoms with E-state index < -0.39 is 0 Å². The molecule has 0 aromatic heterocycles. The largest absolute Gasteiger partial charge is 0.374 e. The second-order valence-electron chi connectivity index (χ2n) is 8.44. The minimum Gasteiger partial charge on any atom is -0.374 e. The Kier molecular flexibility index (Phi) is 7.33. The van der Waals surface area contributed by atoms with Gasteiger partial charge in [0, 0.05) is 45.7 Å². The molecule has 2 aromatic rings. The number of likely N-dealkylation sites (tertiary alicyclic amines) is 1. The molecule has 2 fully saturated rings. The highest BCUT2D eigenvalue weighted by atomic mass is 16.5. The maximum Gasteiger partial charge on any atom is 0.225 e. The Hall–Kier alpha value is -2.70. The summed E-state index contributed by atoms with van der Waals surface area (Å²) < 4.78 is 5.86. The van der Waals surface area contributed by atoms with Crippen molar-refractivity contribution in [1.29, 1.82) is 0 Å². The van der Waals surface area contributed by atoms with Gasteiger partial charge in [0.1, 0.15) is 0 Å². The molecule has 2 amide bonds. The molecule has 4 rings (SSSR count). The molecule has 164 valence electrons. The van der Waals surface area contributed by atoms with Crippen LogP contribution < -0.4 is 5.32 Å². The molecular weight excluding hydrogens is 390 g/mol. The topological polar surface area (TPSA) is 61.9 Å². The first-order chi connectivity index (χ1) is 15.2. The van der Waals surface area contributed by atoms with Gasteiger partial charge < -0.3 is 15.0 Å². The Morgan fingerprint density at radius 2 is 1.71 bits per heavy atom. The second-order valence-corrected chi connectivity index (χ2v) is 8.44. The lowest BCUT2D eigenvalue weighted by molar-refractivity contribution is -0.129. The molecule has 31 heavy (non-hydrogen) atoms. The van der Waals surface area contributed by atoms with Crippen molar-refractivity contribution >= 4 is 11.8 Å². The molecule has 2 aliphatic rings. The smallest absolute Gasteiger partial charge is 0.225 e. The molecule has 0 aliphatic carbocycles. The molecule has 2 saturated heterocycles. The summed E-state index contributed by atoms with van der Waals surface area (Å²) in [5.41, 5.74) is 2.49. The summed E-state index contributed by atoms with van der Waals surface area (Å²) in [7, 11) is 0. The highest BCUT2D eigenvalue weighted by Crippen LogP contribution is 2.19. The molecule has 1 N–H and O–H groups in total. The Balaban J connectivity index is 1.20. The first kappa shape index (κ1) is 21.5. The van der Waals surface area contributed by atoms with Crippen LogP contribution in [0.5, 0.6) is 0 Å². The maximum absolute atomic E-state index is 12.7. The number of nitrogens with one attached hydrogen (secondary N) is 1. The number of carbonyl (C=O) groups excluding carboxylic acids is 2. The SMILES string of the molecule is O=C(NCC1CN(Cc2ccccc2)CCO1)C1CC(=O)N(CCc2ccccc2)C1. The van der Waals surface area contributed by atoms with Gasteiger partial charge in [-0.05, 0) is 17.5 Å². The molecule has 0 saturated carbocycles. The van der Waals surface area contributed by atoms with E-state index in [1.165, 1.54) is 11.1 Å². The molecule has 6 heteroatoms. The quantitative estimate of drug-likeness (QED) is 0.709. The number of hydrogen-bond donors (Lipinski definition) is 1. The van der Waals surface area contributed by atoms with Crippen molar-refractivity contribution in [3.63, 3.8) is 0 Å². The molecule has 0 radical (unpaired) electrons. The number of morpholine rings is 1. The van der Waals surface area contributed by atoms with Crippen LogP contribution in [0.4, 0.5) is 0 Å². The van der Waals surface area contributed by atoms with Crippen LogP contribution in [-0.4, -0.2) is 67.0 Å². The Labute approximate surface area is 184 Å². The van der Waals surface area contributed by atoms with Crippen LogP contribution >= 0.6 is 0 Å². The van der Waals surface area contributed by atoms with Crippen LogP contribution in [0.2, 0.25) is 0 Å². The highest BCUT2D eigenvalue weighted by molar-refractivity contribution is 5.89. The first-order valence-electron chi connectivity index (χ1n) is 11.1. The van der Waals surface area contributed by atoms with E-state index in [9.17, 15) is 9.59 Å². The van der Waals surface area contributed by atoms with Crippen molar-refractivity contribution in [1.82, 2.24) is 15.1 Å². The monoisotopic (exact) mass is 421 g/mol. The van der Waals surface area contributed by atoms with Crippen molar-refractivity contribution < 1.29 is 14.3 Å². The summed E-state index contributed by atoms with van der Waals surface area (Å²) >= 11 is 0. The lowest BCUT2D eigenvalue weighted by Crippen LogP contribution is -2.48. The summed E-state index contributed by atoms with van der Waals surface area (Å²) in [6.45, 7) is 4.90.